The topological polar surface area (TPSA) is 25.8 Å². The molecule has 2 aromatic rings. The van der Waals surface area contributed by atoms with Gasteiger partial charge in [-0.25, -0.2) is 9.97 Å². The Morgan fingerprint density at radius 3 is 2.62 bits per heavy atom. The van der Waals surface area contributed by atoms with Crippen molar-refractivity contribution in [2.45, 2.75) is 20.8 Å². The second kappa shape index (κ2) is 4.55. The maximum Gasteiger partial charge on any atom is 0.116 e. The number of aryl methyl sites for hydroxylation is 1. The van der Waals surface area contributed by atoms with Gasteiger partial charge < -0.3 is 0 Å². The van der Waals surface area contributed by atoms with Crippen molar-refractivity contribution in [1.82, 2.24) is 9.97 Å². The van der Waals surface area contributed by atoms with E-state index >= 15 is 0 Å². The molecule has 0 bridgehead atoms. The second-order valence-corrected chi connectivity index (χ2v) is 2.53. The van der Waals surface area contributed by atoms with Crippen LogP contribution < -0.4 is 0 Å². The molecule has 0 aliphatic rings. The van der Waals surface area contributed by atoms with E-state index in [1.807, 2.05) is 32.2 Å². The molecule has 0 aliphatic carbocycles. The lowest BCUT2D eigenvalue weighted by molar-refractivity contribution is 1.22. The molecular formula is C11H14N2. The smallest absolute Gasteiger partial charge is 0.116 e. The first-order chi connectivity index (χ1) is 6.38. The zero-order chi connectivity index (χ0) is 9.68. The molecule has 0 aliphatic heterocycles. The van der Waals surface area contributed by atoms with Crippen molar-refractivity contribution < 1.29 is 0 Å². The third-order valence-corrected chi connectivity index (χ3v) is 1.77. The largest absolute Gasteiger partial charge is 0.244 e. The number of aromatic nitrogens is 2. The van der Waals surface area contributed by atoms with Gasteiger partial charge in [-0.3, -0.25) is 0 Å². The summed E-state index contributed by atoms with van der Waals surface area (Å²) in [7, 11) is 0. The van der Waals surface area contributed by atoms with Gasteiger partial charge in [0.05, 0.1) is 5.52 Å². The number of hydrogen-bond donors (Lipinski definition) is 0. The van der Waals surface area contributed by atoms with Gasteiger partial charge in [0.15, 0.2) is 0 Å². The van der Waals surface area contributed by atoms with Crippen molar-refractivity contribution >= 4 is 10.9 Å². The average molecular weight is 174 g/mol. The first-order valence-corrected chi connectivity index (χ1v) is 4.53. The van der Waals surface area contributed by atoms with Gasteiger partial charge in [-0.1, -0.05) is 26.0 Å². The average Bonchev–Trinajstić information content (AvgIpc) is 2.22. The van der Waals surface area contributed by atoms with E-state index in [1.165, 1.54) is 5.56 Å². The van der Waals surface area contributed by atoms with Crippen LogP contribution in [-0.4, -0.2) is 9.97 Å². The molecule has 0 amide bonds. The van der Waals surface area contributed by atoms with Gasteiger partial charge in [-0.2, -0.15) is 0 Å². The third-order valence-electron chi connectivity index (χ3n) is 1.77. The lowest BCUT2D eigenvalue weighted by Crippen LogP contribution is -1.82. The number of benzene rings is 1. The summed E-state index contributed by atoms with van der Waals surface area (Å²) in [5, 5.41) is 1.13. The molecule has 0 N–H and O–H groups in total. The molecule has 1 heterocycles. The predicted molar refractivity (Wildman–Crippen MR) is 55.6 cm³/mol. The molecule has 13 heavy (non-hydrogen) atoms. The molecule has 0 saturated heterocycles. The maximum absolute atomic E-state index is 4.13. The molecular weight excluding hydrogens is 160 g/mol. The van der Waals surface area contributed by atoms with Crippen LogP contribution in [0.25, 0.3) is 10.9 Å². The first kappa shape index (κ1) is 9.65. The number of nitrogens with zero attached hydrogens (tertiary/aromatic N) is 2. The third kappa shape index (κ3) is 2.02. The van der Waals surface area contributed by atoms with Gasteiger partial charge in [0, 0.05) is 11.6 Å². The summed E-state index contributed by atoms with van der Waals surface area (Å²) in [6, 6.07) is 6.06. The molecule has 1 aromatic heterocycles. The molecule has 0 atom stereocenters. The van der Waals surface area contributed by atoms with Gasteiger partial charge in [0.25, 0.3) is 0 Å². The Balaban J connectivity index is 0.000000396. The highest BCUT2D eigenvalue weighted by Crippen LogP contribution is 2.12. The summed E-state index contributed by atoms with van der Waals surface area (Å²) in [5.74, 6) is 0. The first-order valence-electron chi connectivity index (χ1n) is 4.53. The van der Waals surface area contributed by atoms with Crippen LogP contribution in [0.5, 0.6) is 0 Å². The van der Waals surface area contributed by atoms with E-state index in [2.05, 4.69) is 23.0 Å². The Morgan fingerprint density at radius 1 is 1.15 bits per heavy atom. The van der Waals surface area contributed by atoms with Crippen LogP contribution in [0.2, 0.25) is 0 Å². The van der Waals surface area contributed by atoms with Crippen LogP contribution >= 0.6 is 0 Å². The van der Waals surface area contributed by atoms with E-state index < -0.39 is 0 Å². The minimum atomic E-state index is 1.01. The van der Waals surface area contributed by atoms with Crippen LogP contribution in [0, 0.1) is 6.92 Å². The standard InChI is InChI=1S/C9H8N2.C2H6/c1-7-3-2-4-9-8(7)5-10-6-11-9;1-2/h2-6H,1H3;1-2H3. The summed E-state index contributed by atoms with van der Waals surface area (Å²) in [6.45, 7) is 6.06. The number of hydrogen-bond acceptors (Lipinski definition) is 2. The summed E-state index contributed by atoms with van der Waals surface area (Å²) in [5.41, 5.74) is 2.24. The van der Waals surface area contributed by atoms with Crippen molar-refractivity contribution in [3.05, 3.63) is 36.3 Å². The fourth-order valence-electron chi connectivity index (χ4n) is 1.15. The minimum absolute atomic E-state index is 1.01. The zero-order valence-corrected chi connectivity index (χ0v) is 8.28. The van der Waals surface area contributed by atoms with E-state index in [0.717, 1.165) is 10.9 Å². The van der Waals surface area contributed by atoms with E-state index in [1.54, 1.807) is 6.33 Å². The number of rotatable bonds is 0. The second-order valence-electron chi connectivity index (χ2n) is 2.53. The van der Waals surface area contributed by atoms with Gasteiger partial charge in [-0.05, 0) is 18.6 Å². The Kier molecular flexibility index (Phi) is 3.38. The van der Waals surface area contributed by atoms with E-state index in [9.17, 15) is 0 Å². The Morgan fingerprint density at radius 2 is 1.92 bits per heavy atom. The summed E-state index contributed by atoms with van der Waals surface area (Å²) >= 11 is 0. The molecule has 2 nitrogen and oxygen atoms in total. The SMILES string of the molecule is CC.Cc1cccc2ncncc12. The summed E-state index contributed by atoms with van der Waals surface area (Å²) in [6.07, 6.45) is 3.42. The van der Waals surface area contributed by atoms with Gasteiger partial charge in [0.1, 0.15) is 6.33 Å². The molecule has 0 fully saturated rings. The molecule has 0 radical (unpaired) electrons. The lowest BCUT2D eigenvalue weighted by atomic mass is 10.1. The molecule has 1 aromatic carbocycles. The lowest BCUT2D eigenvalue weighted by Gasteiger charge is -1.97. The predicted octanol–water partition coefficient (Wildman–Crippen LogP) is 2.96. The Labute approximate surface area is 78.7 Å². The van der Waals surface area contributed by atoms with Crippen molar-refractivity contribution in [3.8, 4) is 0 Å². The van der Waals surface area contributed by atoms with Crippen LogP contribution in [0.15, 0.2) is 30.7 Å². The van der Waals surface area contributed by atoms with E-state index in [4.69, 9.17) is 0 Å². The Bertz CT molecular complexity index is 377. The van der Waals surface area contributed by atoms with E-state index in [-0.39, 0.29) is 0 Å². The summed E-state index contributed by atoms with van der Waals surface area (Å²) in [4.78, 5) is 8.09. The number of fused-ring (bicyclic) bond motifs is 1. The highest BCUT2D eigenvalue weighted by atomic mass is 14.8. The van der Waals surface area contributed by atoms with Crippen molar-refractivity contribution in [1.29, 1.82) is 0 Å². The van der Waals surface area contributed by atoms with Crippen molar-refractivity contribution in [3.63, 3.8) is 0 Å². The van der Waals surface area contributed by atoms with Gasteiger partial charge in [-0.15, -0.1) is 0 Å². The highest BCUT2D eigenvalue weighted by molar-refractivity contribution is 5.80. The van der Waals surface area contributed by atoms with Crippen LogP contribution in [0.4, 0.5) is 0 Å². The van der Waals surface area contributed by atoms with Crippen LogP contribution in [0.3, 0.4) is 0 Å². The molecule has 2 rings (SSSR count). The summed E-state index contributed by atoms with van der Waals surface area (Å²) < 4.78 is 0. The highest BCUT2D eigenvalue weighted by Gasteiger charge is 1.94. The molecule has 0 saturated carbocycles. The van der Waals surface area contributed by atoms with Crippen LogP contribution in [-0.2, 0) is 0 Å². The zero-order valence-electron chi connectivity index (χ0n) is 8.28. The quantitative estimate of drug-likeness (QED) is 0.613. The minimum Gasteiger partial charge on any atom is -0.244 e. The van der Waals surface area contributed by atoms with Crippen molar-refractivity contribution in [2.75, 3.05) is 0 Å². The molecule has 2 heteroatoms. The fraction of sp³-hybridized carbons (Fsp3) is 0.273. The van der Waals surface area contributed by atoms with Crippen LogP contribution in [0.1, 0.15) is 19.4 Å². The van der Waals surface area contributed by atoms with Gasteiger partial charge >= 0.3 is 0 Å². The molecule has 0 spiro atoms. The van der Waals surface area contributed by atoms with Crippen molar-refractivity contribution in [2.24, 2.45) is 0 Å². The fourth-order valence-corrected chi connectivity index (χ4v) is 1.15. The normalized spacial score (nSPS) is 9.15. The maximum atomic E-state index is 4.13. The monoisotopic (exact) mass is 174 g/mol. The Hall–Kier alpha value is -1.44. The van der Waals surface area contributed by atoms with E-state index in [0.29, 0.717) is 0 Å². The molecule has 0 unspecified atom stereocenters. The van der Waals surface area contributed by atoms with Gasteiger partial charge in [0.2, 0.25) is 0 Å². The molecule has 68 valence electrons.